The molecule has 0 bridgehead atoms. The first-order valence-corrected chi connectivity index (χ1v) is 9.40. The van der Waals surface area contributed by atoms with Gasteiger partial charge in [-0.2, -0.15) is 0 Å². The van der Waals surface area contributed by atoms with Gasteiger partial charge in [-0.25, -0.2) is 4.79 Å². The smallest absolute Gasteiger partial charge is 0.335 e. The summed E-state index contributed by atoms with van der Waals surface area (Å²) in [5.41, 5.74) is 1.74. The van der Waals surface area contributed by atoms with Crippen molar-refractivity contribution < 1.29 is 19.5 Å². The molecule has 28 heavy (non-hydrogen) atoms. The van der Waals surface area contributed by atoms with Crippen molar-refractivity contribution >= 4 is 45.7 Å². The lowest BCUT2D eigenvalue weighted by Gasteiger charge is -2.14. The van der Waals surface area contributed by atoms with E-state index in [-0.39, 0.29) is 23.3 Å². The largest absolute Gasteiger partial charge is 0.478 e. The van der Waals surface area contributed by atoms with Crippen LogP contribution in [0, 0.1) is 0 Å². The van der Waals surface area contributed by atoms with Crippen molar-refractivity contribution in [3.05, 3.63) is 88.3 Å². The lowest BCUT2D eigenvalue weighted by atomic mass is 10.0. The summed E-state index contributed by atoms with van der Waals surface area (Å²) < 4.78 is 0. The first-order chi connectivity index (χ1) is 13.5. The van der Waals surface area contributed by atoms with Gasteiger partial charge in [0.15, 0.2) is 0 Å². The summed E-state index contributed by atoms with van der Waals surface area (Å²) >= 11 is 0.894. The molecule has 1 fully saturated rings. The average molecular weight is 389 g/mol. The maximum Gasteiger partial charge on any atom is 0.335 e. The molecular weight excluding hydrogens is 374 g/mol. The molecule has 0 spiro atoms. The fourth-order valence-electron chi connectivity index (χ4n) is 3.11. The SMILES string of the molecule is O=C(O)c1ccc(/C=C2\SC(=O)N(Cc3cccc4ccccc34)C2=O)cc1. The molecule has 5 nitrogen and oxygen atoms in total. The number of carbonyl (C=O) groups is 3. The van der Waals surface area contributed by atoms with Crippen molar-refractivity contribution in [3.63, 3.8) is 0 Å². The quantitative estimate of drug-likeness (QED) is 0.650. The van der Waals surface area contributed by atoms with Crippen molar-refractivity contribution in [1.82, 2.24) is 4.90 Å². The predicted molar refractivity (Wildman–Crippen MR) is 109 cm³/mol. The summed E-state index contributed by atoms with van der Waals surface area (Å²) in [5, 5.41) is 10.7. The van der Waals surface area contributed by atoms with E-state index in [0.29, 0.717) is 10.5 Å². The number of thioether (sulfide) groups is 1. The molecular formula is C22H15NO4S. The van der Waals surface area contributed by atoms with Crippen molar-refractivity contribution in [3.8, 4) is 0 Å². The molecule has 0 radical (unpaired) electrons. The molecule has 1 aliphatic heterocycles. The van der Waals surface area contributed by atoms with Gasteiger partial charge in [-0.15, -0.1) is 0 Å². The summed E-state index contributed by atoms with van der Waals surface area (Å²) in [4.78, 5) is 37.7. The molecule has 1 saturated heterocycles. The molecule has 0 atom stereocenters. The lowest BCUT2D eigenvalue weighted by Crippen LogP contribution is -2.27. The van der Waals surface area contributed by atoms with Crippen molar-refractivity contribution in [2.45, 2.75) is 6.54 Å². The van der Waals surface area contributed by atoms with Crippen LogP contribution < -0.4 is 0 Å². The van der Waals surface area contributed by atoms with E-state index in [1.165, 1.54) is 17.0 Å². The molecule has 3 aromatic carbocycles. The van der Waals surface area contributed by atoms with Gasteiger partial charge in [0, 0.05) is 0 Å². The second kappa shape index (κ2) is 7.32. The number of hydrogen-bond acceptors (Lipinski definition) is 4. The molecule has 0 saturated carbocycles. The maximum absolute atomic E-state index is 12.8. The average Bonchev–Trinajstić information content (AvgIpc) is 2.96. The van der Waals surface area contributed by atoms with E-state index in [2.05, 4.69) is 0 Å². The molecule has 1 N–H and O–H groups in total. The molecule has 0 aliphatic carbocycles. The molecule has 138 valence electrons. The highest BCUT2D eigenvalue weighted by Crippen LogP contribution is 2.34. The van der Waals surface area contributed by atoms with E-state index in [1.54, 1.807) is 18.2 Å². The van der Waals surface area contributed by atoms with Crippen LogP contribution in [0.25, 0.3) is 16.8 Å². The standard InChI is InChI=1S/C22H15NO4S/c24-20-19(12-14-8-10-16(11-9-14)21(25)26)28-22(27)23(20)13-17-6-3-5-15-4-1-2-7-18(15)17/h1-12H,13H2,(H,25,26)/b19-12-. The van der Waals surface area contributed by atoms with E-state index in [0.717, 1.165) is 28.1 Å². The number of carbonyl (C=O) groups excluding carboxylic acids is 2. The Bertz CT molecular complexity index is 1130. The van der Waals surface area contributed by atoms with Gasteiger partial charge in [-0.3, -0.25) is 14.5 Å². The Labute approximate surface area is 165 Å². The number of hydrogen-bond donors (Lipinski definition) is 1. The van der Waals surface area contributed by atoms with Crippen LogP contribution in [0.5, 0.6) is 0 Å². The minimum Gasteiger partial charge on any atom is -0.478 e. The van der Waals surface area contributed by atoms with Crippen LogP contribution in [0.2, 0.25) is 0 Å². The van der Waals surface area contributed by atoms with E-state index in [9.17, 15) is 14.4 Å². The Morgan fingerprint density at radius 2 is 1.68 bits per heavy atom. The summed E-state index contributed by atoms with van der Waals surface area (Å²) in [7, 11) is 0. The number of fused-ring (bicyclic) bond motifs is 1. The van der Waals surface area contributed by atoms with Gasteiger partial charge in [0.2, 0.25) is 0 Å². The monoisotopic (exact) mass is 389 g/mol. The summed E-state index contributed by atoms with van der Waals surface area (Å²) in [6.45, 7) is 0.210. The second-order valence-corrected chi connectivity index (χ2v) is 7.33. The fraction of sp³-hybridized carbons (Fsp3) is 0.0455. The molecule has 1 aliphatic rings. The zero-order valence-corrected chi connectivity index (χ0v) is 15.5. The van der Waals surface area contributed by atoms with Gasteiger partial charge in [0.1, 0.15) is 0 Å². The normalized spacial score (nSPS) is 15.6. The topological polar surface area (TPSA) is 74.7 Å². The lowest BCUT2D eigenvalue weighted by molar-refractivity contribution is -0.123. The predicted octanol–water partition coefficient (Wildman–Crippen LogP) is 4.77. The van der Waals surface area contributed by atoms with E-state index < -0.39 is 5.97 Å². The number of carboxylic acids is 1. The summed E-state index contributed by atoms with van der Waals surface area (Å²) in [6.07, 6.45) is 1.61. The van der Waals surface area contributed by atoms with E-state index in [1.807, 2.05) is 42.5 Å². The van der Waals surface area contributed by atoms with Crippen LogP contribution in [0.3, 0.4) is 0 Å². The molecule has 0 unspecified atom stereocenters. The van der Waals surface area contributed by atoms with E-state index >= 15 is 0 Å². The van der Waals surface area contributed by atoms with Crippen LogP contribution >= 0.6 is 11.8 Å². The Hall–Kier alpha value is -3.38. The highest BCUT2D eigenvalue weighted by atomic mass is 32.2. The van der Waals surface area contributed by atoms with Gasteiger partial charge in [-0.1, -0.05) is 54.6 Å². The summed E-state index contributed by atoms with van der Waals surface area (Å²) in [5.74, 6) is -1.35. The first-order valence-electron chi connectivity index (χ1n) is 8.58. The van der Waals surface area contributed by atoms with Gasteiger partial charge in [-0.05, 0) is 51.9 Å². The minimum atomic E-state index is -1.01. The summed E-state index contributed by atoms with van der Waals surface area (Å²) in [6, 6.07) is 19.8. The first kappa shape index (κ1) is 18.0. The Morgan fingerprint density at radius 3 is 2.43 bits per heavy atom. The number of aromatic carboxylic acids is 1. The molecule has 3 aromatic rings. The number of amides is 2. The highest BCUT2D eigenvalue weighted by molar-refractivity contribution is 8.18. The van der Waals surface area contributed by atoms with Crippen LogP contribution in [0.1, 0.15) is 21.5 Å². The number of nitrogens with zero attached hydrogens (tertiary/aromatic N) is 1. The van der Waals surface area contributed by atoms with Crippen LogP contribution in [-0.4, -0.2) is 27.1 Å². The second-order valence-electron chi connectivity index (χ2n) is 6.33. The van der Waals surface area contributed by atoms with Crippen molar-refractivity contribution in [1.29, 1.82) is 0 Å². The van der Waals surface area contributed by atoms with Gasteiger partial charge in [0.25, 0.3) is 11.1 Å². The van der Waals surface area contributed by atoms with E-state index in [4.69, 9.17) is 5.11 Å². The van der Waals surface area contributed by atoms with Crippen LogP contribution in [0.15, 0.2) is 71.6 Å². The maximum atomic E-state index is 12.8. The molecule has 1 heterocycles. The number of rotatable bonds is 4. The third-order valence-electron chi connectivity index (χ3n) is 4.54. The minimum absolute atomic E-state index is 0.168. The number of benzene rings is 3. The number of carboxylic acid groups (broad SMARTS) is 1. The third-order valence-corrected chi connectivity index (χ3v) is 5.44. The highest BCUT2D eigenvalue weighted by Gasteiger charge is 2.35. The molecule has 4 rings (SSSR count). The molecule has 0 aromatic heterocycles. The number of imide groups is 1. The molecule has 6 heteroatoms. The van der Waals surface area contributed by atoms with Crippen LogP contribution in [0.4, 0.5) is 4.79 Å². The zero-order chi connectivity index (χ0) is 19.7. The van der Waals surface area contributed by atoms with Gasteiger partial charge in [0.05, 0.1) is 17.0 Å². The van der Waals surface area contributed by atoms with Gasteiger partial charge < -0.3 is 5.11 Å². The third kappa shape index (κ3) is 3.42. The zero-order valence-electron chi connectivity index (χ0n) is 14.7. The Balaban J connectivity index is 1.59. The van der Waals surface area contributed by atoms with Crippen LogP contribution in [-0.2, 0) is 11.3 Å². The fourth-order valence-corrected chi connectivity index (χ4v) is 3.95. The van der Waals surface area contributed by atoms with Crippen molar-refractivity contribution in [2.75, 3.05) is 0 Å². The molecule has 2 amide bonds. The Kier molecular flexibility index (Phi) is 4.71. The Morgan fingerprint density at radius 1 is 0.964 bits per heavy atom. The van der Waals surface area contributed by atoms with Gasteiger partial charge >= 0.3 is 5.97 Å². The van der Waals surface area contributed by atoms with Crippen molar-refractivity contribution in [2.24, 2.45) is 0 Å².